The van der Waals surface area contributed by atoms with E-state index < -0.39 is 0 Å². The van der Waals surface area contributed by atoms with Crippen molar-refractivity contribution in [2.45, 2.75) is 19.8 Å². The largest absolute Gasteiger partial charge is 0.381 e. The first-order valence-corrected chi connectivity index (χ1v) is 7.51. The van der Waals surface area contributed by atoms with Crippen LogP contribution in [0.5, 0.6) is 0 Å². The predicted octanol–water partition coefficient (Wildman–Crippen LogP) is 2.23. The fourth-order valence-electron chi connectivity index (χ4n) is 2.00. The number of nitrogens with one attached hydrogen (secondary N) is 1. The smallest absolute Gasteiger partial charge is 0.222 e. The standard InChI is InChI=1S/C17H21N3O2/c1-2-22-13-10-17(21)19-12-9-16-18-11-8-15(20-16)14-6-4-3-5-7-14/h3-8,11H,2,9-10,12-13H2,1H3,(H,19,21). The quantitative estimate of drug-likeness (QED) is 0.759. The van der Waals surface area contributed by atoms with Crippen LogP contribution in [0, 0.1) is 0 Å². The van der Waals surface area contributed by atoms with Crippen LogP contribution in [0.3, 0.4) is 0 Å². The van der Waals surface area contributed by atoms with Gasteiger partial charge in [-0.2, -0.15) is 0 Å². The second-order valence-corrected chi connectivity index (χ2v) is 4.77. The summed E-state index contributed by atoms with van der Waals surface area (Å²) in [7, 11) is 0. The minimum Gasteiger partial charge on any atom is -0.381 e. The molecule has 0 bridgehead atoms. The molecule has 2 rings (SSSR count). The van der Waals surface area contributed by atoms with Crippen molar-refractivity contribution >= 4 is 5.91 Å². The molecule has 5 nitrogen and oxygen atoms in total. The maximum atomic E-state index is 11.6. The van der Waals surface area contributed by atoms with Crippen molar-refractivity contribution in [2.75, 3.05) is 19.8 Å². The Hall–Kier alpha value is -2.27. The van der Waals surface area contributed by atoms with Crippen molar-refractivity contribution in [3.63, 3.8) is 0 Å². The van der Waals surface area contributed by atoms with Gasteiger partial charge >= 0.3 is 0 Å². The topological polar surface area (TPSA) is 64.1 Å². The molecule has 5 heteroatoms. The van der Waals surface area contributed by atoms with Gasteiger partial charge in [0.1, 0.15) is 5.82 Å². The van der Waals surface area contributed by atoms with E-state index in [0.717, 1.165) is 17.1 Å². The summed E-state index contributed by atoms with van der Waals surface area (Å²) in [5.74, 6) is 0.721. The first kappa shape index (κ1) is 16.1. The van der Waals surface area contributed by atoms with Crippen molar-refractivity contribution < 1.29 is 9.53 Å². The van der Waals surface area contributed by atoms with Gasteiger partial charge in [-0.25, -0.2) is 9.97 Å². The van der Waals surface area contributed by atoms with Crippen LogP contribution in [0.25, 0.3) is 11.3 Å². The Morgan fingerprint density at radius 2 is 2.05 bits per heavy atom. The van der Waals surface area contributed by atoms with E-state index >= 15 is 0 Å². The molecule has 22 heavy (non-hydrogen) atoms. The molecule has 0 unspecified atom stereocenters. The van der Waals surface area contributed by atoms with E-state index in [4.69, 9.17) is 4.74 Å². The lowest BCUT2D eigenvalue weighted by Gasteiger charge is -2.06. The predicted molar refractivity (Wildman–Crippen MR) is 85.3 cm³/mol. The monoisotopic (exact) mass is 299 g/mol. The lowest BCUT2D eigenvalue weighted by atomic mass is 10.1. The van der Waals surface area contributed by atoms with Crippen LogP contribution in [-0.2, 0) is 16.0 Å². The zero-order chi connectivity index (χ0) is 15.6. The zero-order valence-electron chi connectivity index (χ0n) is 12.8. The van der Waals surface area contributed by atoms with Gasteiger partial charge in [0.2, 0.25) is 5.91 Å². The molecule has 1 amide bonds. The third-order valence-electron chi connectivity index (χ3n) is 3.12. The lowest BCUT2D eigenvalue weighted by molar-refractivity contribution is -0.122. The van der Waals surface area contributed by atoms with E-state index in [0.29, 0.717) is 32.6 Å². The third-order valence-corrected chi connectivity index (χ3v) is 3.12. The number of rotatable bonds is 8. The van der Waals surface area contributed by atoms with Gasteiger partial charge in [-0.3, -0.25) is 4.79 Å². The van der Waals surface area contributed by atoms with Crippen LogP contribution in [-0.4, -0.2) is 35.6 Å². The number of carbonyl (C=O) groups excluding carboxylic acids is 1. The van der Waals surface area contributed by atoms with Crippen molar-refractivity contribution in [1.82, 2.24) is 15.3 Å². The van der Waals surface area contributed by atoms with Gasteiger partial charge < -0.3 is 10.1 Å². The van der Waals surface area contributed by atoms with Gasteiger partial charge in [-0.1, -0.05) is 30.3 Å². The van der Waals surface area contributed by atoms with E-state index in [9.17, 15) is 4.79 Å². The summed E-state index contributed by atoms with van der Waals surface area (Å²) in [4.78, 5) is 20.3. The molecule has 1 N–H and O–H groups in total. The molecule has 0 radical (unpaired) electrons. The first-order valence-electron chi connectivity index (χ1n) is 7.51. The highest BCUT2D eigenvalue weighted by Gasteiger charge is 2.04. The van der Waals surface area contributed by atoms with E-state index in [1.807, 2.05) is 43.3 Å². The summed E-state index contributed by atoms with van der Waals surface area (Å²) in [5.41, 5.74) is 1.96. The molecule has 1 heterocycles. The molecule has 0 aliphatic heterocycles. The Bertz CT molecular complexity index is 587. The highest BCUT2D eigenvalue weighted by Crippen LogP contribution is 2.15. The van der Waals surface area contributed by atoms with Crippen LogP contribution in [0.15, 0.2) is 42.6 Å². The molecule has 0 saturated carbocycles. The highest BCUT2D eigenvalue weighted by molar-refractivity contribution is 5.75. The summed E-state index contributed by atoms with van der Waals surface area (Å²) in [6.45, 7) is 3.54. The molecular weight excluding hydrogens is 278 g/mol. The lowest BCUT2D eigenvalue weighted by Crippen LogP contribution is -2.27. The second-order valence-electron chi connectivity index (χ2n) is 4.77. The normalized spacial score (nSPS) is 10.4. The molecule has 0 saturated heterocycles. The van der Waals surface area contributed by atoms with E-state index in [1.54, 1.807) is 6.20 Å². The van der Waals surface area contributed by atoms with Gasteiger partial charge in [0.25, 0.3) is 0 Å². The fourth-order valence-corrected chi connectivity index (χ4v) is 2.00. The molecule has 0 fully saturated rings. The fraction of sp³-hybridized carbons (Fsp3) is 0.353. The Labute approximate surface area is 130 Å². The first-order chi connectivity index (χ1) is 10.8. The maximum absolute atomic E-state index is 11.6. The van der Waals surface area contributed by atoms with Crippen molar-refractivity contribution in [2.24, 2.45) is 0 Å². The van der Waals surface area contributed by atoms with Gasteiger partial charge in [0.15, 0.2) is 0 Å². The number of amides is 1. The Balaban J connectivity index is 1.83. The Morgan fingerprint density at radius 1 is 1.23 bits per heavy atom. The Morgan fingerprint density at radius 3 is 2.82 bits per heavy atom. The van der Waals surface area contributed by atoms with Crippen molar-refractivity contribution in [3.8, 4) is 11.3 Å². The maximum Gasteiger partial charge on any atom is 0.222 e. The number of carbonyl (C=O) groups is 1. The molecule has 1 aromatic carbocycles. The van der Waals surface area contributed by atoms with E-state index in [2.05, 4.69) is 15.3 Å². The van der Waals surface area contributed by atoms with Gasteiger partial charge in [0.05, 0.1) is 12.3 Å². The van der Waals surface area contributed by atoms with Gasteiger partial charge in [0, 0.05) is 37.8 Å². The third kappa shape index (κ3) is 5.26. The number of hydrogen-bond donors (Lipinski definition) is 1. The minimum atomic E-state index is -0.00679. The van der Waals surface area contributed by atoms with E-state index in [-0.39, 0.29) is 5.91 Å². The molecular formula is C17H21N3O2. The summed E-state index contributed by atoms with van der Waals surface area (Å²) >= 11 is 0. The van der Waals surface area contributed by atoms with Crippen LogP contribution in [0.1, 0.15) is 19.2 Å². The summed E-state index contributed by atoms with van der Waals surface area (Å²) < 4.78 is 5.15. The summed E-state index contributed by atoms with van der Waals surface area (Å²) in [6, 6.07) is 11.9. The summed E-state index contributed by atoms with van der Waals surface area (Å²) in [5, 5.41) is 2.85. The SMILES string of the molecule is CCOCCC(=O)NCCc1nccc(-c2ccccc2)n1. The number of nitrogens with zero attached hydrogens (tertiary/aromatic N) is 2. The van der Waals surface area contributed by atoms with Gasteiger partial charge in [-0.15, -0.1) is 0 Å². The van der Waals surface area contributed by atoms with Crippen LogP contribution in [0.2, 0.25) is 0 Å². The zero-order valence-corrected chi connectivity index (χ0v) is 12.8. The molecule has 1 aromatic heterocycles. The summed E-state index contributed by atoms with van der Waals surface area (Å²) in [6.07, 6.45) is 2.75. The Kier molecular flexibility index (Phi) is 6.51. The molecule has 116 valence electrons. The average Bonchev–Trinajstić information content (AvgIpc) is 2.56. The van der Waals surface area contributed by atoms with E-state index in [1.165, 1.54) is 0 Å². The number of benzene rings is 1. The van der Waals surface area contributed by atoms with Gasteiger partial charge in [-0.05, 0) is 13.0 Å². The molecule has 2 aromatic rings. The minimum absolute atomic E-state index is 0.00679. The van der Waals surface area contributed by atoms with Crippen molar-refractivity contribution in [3.05, 3.63) is 48.4 Å². The average molecular weight is 299 g/mol. The van der Waals surface area contributed by atoms with Crippen LogP contribution in [0.4, 0.5) is 0 Å². The molecule has 0 aliphatic rings. The number of aromatic nitrogens is 2. The number of hydrogen-bond acceptors (Lipinski definition) is 4. The molecule has 0 aliphatic carbocycles. The highest BCUT2D eigenvalue weighted by atomic mass is 16.5. The van der Waals surface area contributed by atoms with Crippen molar-refractivity contribution in [1.29, 1.82) is 0 Å². The second kappa shape index (κ2) is 8.89. The van der Waals surface area contributed by atoms with Crippen LogP contribution >= 0.6 is 0 Å². The van der Waals surface area contributed by atoms with Crippen LogP contribution < -0.4 is 5.32 Å². The molecule has 0 spiro atoms. The number of ether oxygens (including phenoxy) is 1. The molecule has 0 atom stereocenters.